The fourth-order valence-corrected chi connectivity index (χ4v) is 1.64. The van der Waals surface area contributed by atoms with Crippen molar-refractivity contribution in [2.45, 2.75) is 33.1 Å². The summed E-state index contributed by atoms with van der Waals surface area (Å²) in [6, 6.07) is 7.85. The maximum Gasteiger partial charge on any atom is 0.246 e. The van der Waals surface area contributed by atoms with E-state index in [9.17, 15) is 10.1 Å². The molecule has 0 aliphatic heterocycles. The van der Waals surface area contributed by atoms with Crippen molar-refractivity contribution in [1.29, 1.82) is 0 Å². The molecule has 0 spiro atoms. The number of benzene rings is 1. The van der Waals surface area contributed by atoms with Gasteiger partial charge in [0.2, 0.25) is 5.70 Å². The summed E-state index contributed by atoms with van der Waals surface area (Å²) in [6.07, 6.45) is 4.14. The van der Waals surface area contributed by atoms with Crippen molar-refractivity contribution in [3.05, 3.63) is 51.2 Å². The normalized spacial score (nSPS) is 11.5. The van der Waals surface area contributed by atoms with Crippen LogP contribution in [0.5, 0.6) is 0 Å². The van der Waals surface area contributed by atoms with Gasteiger partial charge in [-0.3, -0.25) is 10.1 Å². The van der Waals surface area contributed by atoms with Gasteiger partial charge in [0.05, 0.1) is 4.92 Å². The number of hydrogen-bond acceptors (Lipinski definition) is 2. The van der Waals surface area contributed by atoms with Crippen LogP contribution in [0.25, 0.3) is 6.08 Å². The van der Waals surface area contributed by atoms with Gasteiger partial charge in [-0.05, 0) is 17.5 Å². The van der Waals surface area contributed by atoms with Crippen LogP contribution in [-0.2, 0) is 6.42 Å². The summed E-state index contributed by atoms with van der Waals surface area (Å²) in [6.45, 7) is 3.91. The van der Waals surface area contributed by atoms with Crippen LogP contribution in [0.2, 0.25) is 0 Å². The highest BCUT2D eigenvalue weighted by Crippen LogP contribution is 2.16. The summed E-state index contributed by atoms with van der Waals surface area (Å²) >= 11 is 0. The molecular formula is C13H17NO2. The van der Waals surface area contributed by atoms with Crippen molar-refractivity contribution in [2.24, 2.45) is 0 Å². The van der Waals surface area contributed by atoms with Gasteiger partial charge < -0.3 is 0 Å². The molecule has 0 N–H and O–H groups in total. The Morgan fingerprint density at radius 3 is 2.62 bits per heavy atom. The molecule has 0 aromatic heterocycles. The summed E-state index contributed by atoms with van der Waals surface area (Å²) in [4.78, 5) is 10.4. The van der Waals surface area contributed by atoms with Crippen molar-refractivity contribution in [1.82, 2.24) is 0 Å². The highest BCUT2D eigenvalue weighted by Gasteiger charge is 2.08. The van der Waals surface area contributed by atoms with Gasteiger partial charge in [-0.2, -0.15) is 0 Å². The van der Waals surface area contributed by atoms with E-state index in [4.69, 9.17) is 0 Å². The first-order valence-corrected chi connectivity index (χ1v) is 5.61. The first-order chi connectivity index (χ1) is 7.69. The topological polar surface area (TPSA) is 43.1 Å². The summed E-state index contributed by atoms with van der Waals surface area (Å²) in [7, 11) is 0. The van der Waals surface area contributed by atoms with Gasteiger partial charge in [0.25, 0.3) is 0 Å². The highest BCUT2D eigenvalue weighted by molar-refractivity contribution is 5.55. The van der Waals surface area contributed by atoms with Crippen LogP contribution in [-0.4, -0.2) is 4.92 Å². The molecule has 86 valence electrons. The third-order valence-corrected chi connectivity index (χ3v) is 2.49. The number of hydrogen-bond donors (Lipinski definition) is 0. The number of nitrogens with zero attached hydrogens (tertiary/aromatic N) is 1. The Hall–Kier alpha value is -1.64. The number of aryl methyl sites for hydroxylation is 1. The first kappa shape index (κ1) is 12.4. The lowest BCUT2D eigenvalue weighted by Crippen LogP contribution is -1.98. The minimum absolute atomic E-state index is 0.267. The van der Waals surface area contributed by atoms with Crippen molar-refractivity contribution in [3.8, 4) is 0 Å². The second-order valence-electron chi connectivity index (χ2n) is 3.70. The van der Waals surface area contributed by atoms with E-state index < -0.39 is 0 Å². The minimum Gasteiger partial charge on any atom is -0.259 e. The monoisotopic (exact) mass is 219 g/mol. The lowest BCUT2D eigenvalue weighted by atomic mass is 10.0. The molecule has 16 heavy (non-hydrogen) atoms. The highest BCUT2D eigenvalue weighted by atomic mass is 16.6. The predicted molar refractivity (Wildman–Crippen MR) is 65.7 cm³/mol. The molecule has 1 aromatic rings. The summed E-state index contributed by atoms with van der Waals surface area (Å²) < 4.78 is 0. The molecule has 0 saturated carbocycles. The Morgan fingerprint density at radius 1 is 1.38 bits per heavy atom. The van der Waals surface area contributed by atoms with Crippen molar-refractivity contribution >= 4 is 6.08 Å². The summed E-state index contributed by atoms with van der Waals surface area (Å²) in [5.41, 5.74) is 2.42. The third-order valence-electron chi connectivity index (χ3n) is 2.49. The van der Waals surface area contributed by atoms with Crippen molar-refractivity contribution in [2.75, 3.05) is 0 Å². The van der Waals surface area contributed by atoms with Crippen LogP contribution in [0.1, 0.15) is 37.8 Å². The fraction of sp³-hybridized carbons (Fsp3) is 0.385. The van der Waals surface area contributed by atoms with Crippen LogP contribution in [0.3, 0.4) is 0 Å². The molecule has 1 aromatic carbocycles. The molecule has 0 heterocycles. The fourth-order valence-electron chi connectivity index (χ4n) is 1.64. The van der Waals surface area contributed by atoms with E-state index in [2.05, 4.69) is 6.92 Å². The SMILES string of the molecule is CCCc1ccccc1C=C(CC)[N+](=O)[O-]. The average molecular weight is 219 g/mol. The van der Waals surface area contributed by atoms with Crippen LogP contribution in [0.15, 0.2) is 30.0 Å². The minimum atomic E-state index is -0.303. The molecule has 3 nitrogen and oxygen atoms in total. The van der Waals surface area contributed by atoms with E-state index in [0.717, 1.165) is 18.4 Å². The van der Waals surface area contributed by atoms with Gasteiger partial charge in [0.15, 0.2) is 0 Å². The van der Waals surface area contributed by atoms with Crippen LogP contribution in [0.4, 0.5) is 0 Å². The zero-order valence-electron chi connectivity index (χ0n) is 9.77. The van der Waals surface area contributed by atoms with Gasteiger partial charge in [0, 0.05) is 12.5 Å². The van der Waals surface area contributed by atoms with E-state index in [1.807, 2.05) is 24.3 Å². The van der Waals surface area contributed by atoms with E-state index >= 15 is 0 Å². The molecule has 0 radical (unpaired) electrons. The Labute approximate surface area is 95.9 Å². The van der Waals surface area contributed by atoms with E-state index in [1.54, 1.807) is 13.0 Å². The van der Waals surface area contributed by atoms with Gasteiger partial charge in [-0.15, -0.1) is 0 Å². The van der Waals surface area contributed by atoms with Crippen LogP contribution in [0, 0.1) is 10.1 Å². The quantitative estimate of drug-likeness (QED) is 0.560. The molecule has 3 heteroatoms. The van der Waals surface area contributed by atoms with Crippen molar-refractivity contribution < 1.29 is 4.92 Å². The standard InChI is InChI=1S/C13H17NO2/c1-3-7-11-8-5-6-9-12(11)10-13(4-2)14(15)16/h5-6,8-10H,3-4,7H2,1-2H3. The molecule has 0 atom stereocenters. The maximum absolute atomic E-state index is 10.7. The molecule has 0 saturated heterocycles. The zero-order chi connectivity index (χ0) is 12.0. The molecule has 0 aliphatic rings. The second kappa shape index (κ2) is 6.05. The van der Waals surface area contributed by atoms with E-state index in [-0.39, 0.29) is 10.6 Å². The smallest absolute Gasteiger partial charge is 0.246 e. The first-order valence-electron chi connectivity index (χ1n) is 5.61. The van der Waals surface area contributed by atoms with Gasteiger partial charge >= 0.3 is 0 Å². The largest absolute Gasteiger partial charge is 0.259 e. The zero-order valence-corrected chi connectivity index (χ0v) is 9.77. The summed E-state index contributed by atoms with van der Waals surface area (Å²) in [5, 5.41) is 10.7. The Balaban J connectivity index is 3.07. The number of allylic oxidation sites excluding steroid dienone is 1. The van der Waals surface area contributed by atoms with Gasteiger partial charge in [0.1, 0.15) is 0 Å². The van der Waals surface area contributed by atoms with Gasteiger partial charge in [-0.25, -0.2) is 0 Å². The van der Waals surface area contributed by atoms with Crippen LogP contribution >= 0.6 is 0 Å². The Morgan fingerprint density at radius 2 is 2.06 bits per heavy atom. The van der Waals surface area contributed by atoms with E-state index in [0.29, 0.717) is 6.42 Å². The lowest BCUT2D eigenvalue weighted by Gasteiger charge is -2.04. The van der Waals surface area contributed by atoms with E-state index in [1.165, 1.54) is 5.56 Å². The number of rotatable bonds is 5. The third kappa shape index (κ3) is 3.19. The van der Waals surface area contributed by atoms with Crippen molar-refractivity contribution in [3.63, 3.8) is 0 Å². The molecule has 0 fully saturated rings. The molecule has 1 rings (SSSR count). The second-order valence-corrected chi connectivity index (χ2v) is 3.70. The number of nitro groups is 1. The molecular weight excluding hydrogens is 202 g/mol. The van der Waals surface area contributed by atoms with Gasteiger partial charge in [-0.1, -0.05) is 44.5 Å². The summed E-state index contributed by atoms with van der Waals surface area (Å²) in [5.74, 6) is 0. The van der Waals surface area contributed by atoms with Crippen LogP contribution < -0.4 is 0 Å². The average Bonchev–Trinajstić information content (AvgIpc) is 2.27. The molecule has 0 unspecified atom stereocenters. The predicted octanol–water partition coefficient (Wildman–Crippen LogP) is 3.67. The Kier molecular flexibility index (Phi) is 4.70. The maximum atomic E-state index is 10.7. The molecule has 0 bridgehead atoms. The molecule has 0 amide bonds. The lowest BCUT2D eigenvalue weighted by molar-refractivity contribution is -0.425. The molecule has 0 aliphatic carbocycles. The Bertz CT molecular complexity index is 397.